The highest BCUT2D eigenvalue weighted by molar-refractivity contribution is 9.10. The average Bonchev–Trinajstić information content (AvgIpc) is 3.01. The summed E-state index contributed by atoms with van der Waals surface area (Å²) >= 11 is 3.28. The summed E-state index contributed by atoms with van der Waals surface area (Å²) < 4.78 is 40.6. The van der Waals surface area contributed by atoms with Crippen LogP contribution in [-0.4, -0.2) is 40.3 Å². The second-order valence-corrected chi connectivity index (χ2v) is 8.99. The van der Waals surface area contributed by atoms with Crippen molar-refractivity contribution in [1.29, 1.82) is 0 Å². The topological polar surface area (TPSA) is 107 Å². The van der Waals surface area contributed by atoms with Crippen LogP contribution >= 0.6 is 15.9 Å². The molecule has 0 bridgehead atoms. The number of nitrogens with one attached hydrogen (secondary N) is 1. The summed E-state index contributed by atoms with van der Waals surface area (Å²) in [6, 6.07) is 10.6. The van der Waals surface area contributed by atoms with Gasteiger partial charge < -0.3 is 5.32 Å². The summed E-state index contributed by atoms with van der Waals surface area (Å²) in [4.78, 5) is 12.2. The van der Waals surface area contributed by atoms with Gasteiger partial charge in [-0.1, -0.05) is 28.1 Å². The maximum absolute atomic E-state index is 14.1. The van der Waals surface area contributed by atoms with E-state index < -0.39 is 27.3 Å². The van der Waals surface area contributed by atoms with Crippen molar-refractivity contribution in [2.45, 2.75) is 12.7 Å². The van der Waals surface area contributed by atoms with Crippen molar-refractivity contribution in [3.8, 4) is 5.69 Å². The van der Waals surface area contributed by atoms with Gasteiger partial charge in [0, 0.05) is 10.2 Å². The molecule has 1 aromatic heterocycles. The van der Waals surface area contributed by atoms with Gasteiger partial charge in [-0.25, -0.2) is 12.8 Å². The Bertz CT molecular complexity index is 1130. The van der Waals surface area contributed by atoms with Gasteiger partial charge in [0.2, 0.25) is 5.91 Å². The Morgan fingerprint density at radius 2 is 2.04 bits per heavy atom. The Kier molecular flexibility index (Phi) is 5.84. The molecule has 28 heavy (non-hydrogen) atoms. The fourth-order valence-corrected chi connectivity index (χ4v) is 4.24. The number of anilines is 1. The van der Waals surface area contributed by atoms with Crippen LogP contribution < -0.4 is 5.32 Å². The van der Waals surface area contributed by atoms with Crippen molar-refractivity contribution in [2.75, 3.05) is 11.1 Å². The van der Waals surface area contributed by atoms with Crippen molar-refractivity contribution in [1.82, 2.24) is 20.2 Å². The van der Waals surface area contributed by atoms with E-state index in [1.165, 1.54) is 16.8 Å². The smallest absolute Gasteiger partial charge is 0.239 e. The SMILES string of the molecule is Cc1nnnn1-c1cc(NC(=O)CS(=O)(=O)Cc2cccc(Br)c2)ccc1F. The molecular formula is C17H15BrFN5O3S. The Hall–Kier alpha value is -2.66. The van der Waals surface area contributed by atoms with Crippen LogP contribution in [-0.2, 0) is 20.4 Å². The first-order chi connectivity index (χ1) is 13.2. The van der Waals surface area contributed by atoms with Gasteiger partial charge in [-0.3, -0.25) is 4.79 Å². The lowest BCUT2D eigenvalue weighted by molar-refractivity contribution is -0.113. The van der Waals surface area contributed by atoms with E-state index in [0.29, 0.717) is 11.4 Å². The second kappa shape index (κ2) is 8.15. The largest absolute Gasteiger partial charge is 0.325 e. The average molecular weight is 468 g/mol. The molecule has 0 aliphatic carbocycles. The summed E-state index contributed by atoms with van der Waals surface area (Å²) in [6.45, 7) is 1.60. The van der Waals surface area contributed by atoms with Gasteiger partial charge in [-0.2, -0.15) is 4.68 Å². The number of sulfone groups is 1. The number of aromatic nitrogens is 4. The maximum atomic E-state index is 14.1. The molecular weight excluding hydrogens is 453 g/mol. The standard InChI is InChI=1S/C17H15BrFN5O3S/c1-11-21-22-23-24(11)16-8-14(5-6-15(16)19)20-17(25)10-28(26,27)9-12-3-2-4-13(18)7-12/h2-8H,9-10H2,1H3,(H,20,25). The van der Waals surface area contributed by atoms with Gasteiger partial charge in [0.25, 0.3) is 0 Å². The van der Waals surface area contributed by atoms with Crippen LogP contribution in [0.4, 0.5) is 10.1 Å². The molecule has 0 aliphatic heterocycles. The van der Waals surface area contributed by atoms with E-state index in [4.69, 9.17) is 0 Å². The van der Waals surface area contributed by atoms with Crippen LogP contribution in [0.3, 0.4) is 0 Å². The van der Waals surface area contributed by atoms with Crippen molar-refractivity contribution in [2.24, 2.45) is 0 Å². The van der Waals surface area contributed by atoms with E-state index in [0.717, 1.165) is 10.5 Å². The summed E-state index contributed by atoms with van der Waals surface area (Å²) in [7, 11) is -3.68. The number of hydrogen-bond donors (Lipinski definition) is 1. The Labute approximate surface area is 168 Å². The summed E-state index contributed by atoms with van der Waals surface area (Å²) in [5, 5.41) is 13.3. The van der Waals surface area contributed by atoms with Gasteiger partial charge in [-0.15, -0.1) is 5.10 Å². The first-order valence-electron chi connectivity index (χ1n) is 8.03. The van der Waals surface area contributed by atoms with Gasteiger partial charge in [0.05, 0.1) is 5.75 Å². The normalized spacial score (nSPS) is 11.4. The molecule has 3 rings (SSSR count). The highest BCUT2D eigenvalue weighted by Gasteiger charge is 2.19. The monoisotopic (exact) mass is 467 g/mol. The number of rotatable bonds is 6. The number of carbonyl (C=O) groups excluding carboxylic acids is 1. The molecule has 1 heterocycles. The highest BCUT2D eigenvalue weighted by Crippen LogP contribution is 2.19. The number of tetrazole rings is 1. The molecule has 1 N–H and O–H groups in total. The van der Waals surface area contributed by atoms with Gasteiger partial charge in [0.15, 0.2) is 15.7 Å². The number of halogens is 2. The quantitative estimate of drug-likeness (QED) is 0.596. The van der Waals surface area contributed by atoms with Crippen LogP contribution in [0.5, 0.6) is 0 Å². The first-order valence-corrected chi connectivity index (χ1v) is 10.6. The van der Waals surface area contributed by atoms with E-state index in [1.54, 1.807) is 31.2 Å². The van der Waals surface area contributed by atoms with Crippen LogP contribution in [0.2, 0.25) is 0 Å². The molecule has 0 atom stereocenters. The minimum atomic E-state index is -3.68. The molecule has 2 aromatic carbocycles. The summed E-state index contributed by atoms with van der Waals surface area (Å²) in [5.74, 6) is -1.91. The molecule has 11 heteroatoms. The maximum Gasteiger partial charge on any atom is 0.239 e. The van der Waals surface area contributed by atoms with Crippen LogP contribution in [0.15, 0.2) is 46.9 Å². The van der Waals surface area contributed by atoms with Crippen LogP contribution in [0.1, 0.15) is 11.4 Å². The Morgan fingerprint density at radius 3 is 2.71 bits per heavy atom. The highest BCUT2D eigenvalue weighted by atomic mass is 79.9. The molecule has 0 aliphatic rings. The molecule has 0 saturated heterocycles. The van der Waals surface area contributed by atoms with Crippen LogP contribution in [0, 0.1) is 12.7 Å². The van der Waals surface area contributed by atoms with Crippen molar-refractivity contribution < 1.29 is 17.6 Å². The van der Waals surface area contributed by atoms with E-state index in [9.17, 15) is 17.6 Å². The number of benzene rings is 2. The predicted octanol–water partition coefficient (Wildman–Crippen LogP) is 2.43. The van der Waals surface area contributed by atoms with Crippen molar-refractivity contribution in [3.63, 3.8) is 0 Å². The van der Waals surface area contributed by atoms with Gasteiger partial charge >= 0.3 is 0 Å². The molecule has 0 saturated carbocycles. The van der Waals surface area contributed by atoms with Crippen molar-refractivity contribution in [3.05, 3.63) is 64.1 Å². The lowest BCUT2D eigenvalue weighted by atomic mass is 10.2. The zero-order valence-corrected chi connectivity index (χ0v) is 17.0. The third-order valence-electron chi connectivity index (χ3n) is 3.71. The molecule has 8 nitrogen and oxygen atoms in total. The van der Waals surface area contributed by atoms with Gasteiger partial charge in [0.1, 0.15) is 17.3 Å². The van der Waals surface area contributed by atoms with Crippen molar-refractivity contribution >= 4 is 37.4 Å². The number of carbonyl (C=O) groups is 1. The first kappa shape index (κ1) is 20.1. The van der Waals surface area contributed by atoms with E-state index in [1.807, 2.05) is 0 Å². The fraction of sp³-hybridized carbons (Fsp3) is 0.176. The molecule has 0 unspecified atom stereocenters. The molecule has 0 radical (unpaired) electrons. The fourth-order valence-electron chi connectivity index (χ4n) is 2.54. The molecule has 146 valence electrons. The third-order valence-corrected chi connectivity index (χ3v) is 5.68. The lowest BCUT2D eigenvalue weighted by Gasteiger charge is -2.09. The minimum absolute atomic E-state index is 0.0392. The van der Waals surface area contributed by atoms with E-state index in [2.05, 4.69) is 36.8 Å². The zero-order chi connectivity index (χ0) is 20.3. The number of aryl methyl sites for hydroxylation is 1. The third kappa shape index (κ3) is 4.98. The lowest BCUT2D eigenvalue weighted by Crippen LogP contribution is -2.24. The summed E-state index contributed by atoms with van der Waals surface area (Å²) in [5.41, 5.74) is 0.839. The Morgan fingerprint density at radius 1 is 1.25 bits per heavy atom. The number of hydrogen-bond acceptors (Lipinski definition) is 6. The predicted molar refractivity (Wildman–Crippen MR) is 104 cm³/mol. The van der Waals surface area contributed by atoms with E-state index in [-0.39, 0.29) is 17.1 Å². The molecule has 1 amide bonds. The second-order valence-electron chi connectivity index (χ2n) is 6.01. The molecule has 3 aromatic rings. The summed E-state index contributed by atoms with van der Waals surface area (Å²) in [6.07, 6.45) is 0. The zero-order valence-electron chi connectivity index (χ0n) is 14.6. The number of amides is 1. The minimum Gasteiger partial charge on any atom is -0.325 e. The van der Waals surface area contributed by atoms with Crippen LogP contribution in [0.25, 0.3) is 5.69 Å². The molecule has 0 spiro atoms. The van der Waals surface area contributed by atoms with E-state index >= 15 is 0 Å². The van der Waals surface area contributed by atoms with Gasteiger partial charge in [-0.05, 0) is 53.2 Å². The number of nitrogens with zero attached hydrogens (tertiary/aromatic N) is 4. The Balaban J connectivity index is 1.72. The molecule has 0 fully saturated rings.